The third kappa shape index (κ3) is 6.23. The summed E-state index contributed by atoms with van der Waals surface area (Å²) >= 11 is 0. The van der Waals surface area contributed by atoms with E-state index in [1.54, 1.807) is 43.3 Å². The van der Waals surface area contributed by atoms with Crippen molar-refractivity contribution in [3.05, 3.63) is 103 Å². The molecule has 0 amide bonds. The summed E-state index contributed by atoms with van der Waals surface area (Å²) in [7, 11) is -3.93. The van der Waals surface area contributed by atoms with Crippen LogP contribution in [0.4, 0.5) is 0 Å². The first-order valence-corrected chi connectivity index (χ1v) is 10.9. The van der Waals surface area contributed by atoms with Gasteiger partial charge in [-0.15, -0.1) is 0 Å². The average Bonchev–Trinajstić information content (AvgIpc) is 2.75. The van der Waals surface area contributed by atoms with E-state index in [0.29, 0.717) is 17.2 Å². The maximum absolute atomic E-state index is 11.8. The molecule has 0 fully saturated rings. The van der Waals surface area contributed by atoms with Crippen LogP contribution >= 0.6 is 0 Å². The van der Waals surface area contributed by atoms with Gasteiger partial charge in [-0.3, -0.25) is 4.43 Å². The smallest absolute Gasteiger partial charge is 0.462 e. The lowest BCUT2D eigenvalue weighted by atomic mass is 10.3. The van der Waals surface area contributed by atoms with Crippen molar-refractivity contribution in [2.45, 2.75) is 6.92 Å². The molecule has 0 aliphatic rings. The van der Waals surface area contributed by atoms with Gasteiger partial charge in [0.15, 0.2) is 6.79 Å². The minimum absolute atomic E-state index is 0.253. The van der Waals surface area contributed by atoms with Crippen LogP contribution in [0, 0.1) is 0 Å². The zero-order valence-electron chi connectivity index (χ0n) is 16.5. The molecule has 0 saturated heterocycles. The van der Waals surface area contributed by atoms with Gasteiger partial charge >= 0.3 is 15.0 Å². The molecule has 3 aromatic carbocycles. The predicted octanol–water partition coefficient (Wildman–Crippen LogP) is 4.75. The number of hydrogen-bond donors (Lipinski definition) is 0. The molecule has 3 rings (SSSR count). The minimum Gasteiger partial charge on any atom is -0.462 e. The summed E-state index contributed by atoms with van der Waals surface area (Å²) in [5, 5.41) is 0. The molecule has 0 bridgehead atoms. The Morgan fingerprint density at radius 3 is 1.43 bits per heavy atom. The number of ether oxygens (including phenoxy) is 1. The van der Waals surface area contributed by atoms with Gasteiger partial charge in [0.05, 0.1) is 0 Å². The highest BCUT2D eigenvalue weighted by Gasteiger charge is 2.55. The molecule has 154 valence electrons. The largest absolute Gasteiger partial charge is 0.895 e. The van der Waals surface area contributed by atoms with Gasteiger partial charge in [-0.05, 0) is 43.3 Å². The molecule has 0 atom stereocenters. The molecule has 0 heterocycles. The molecule has 0 N–H and O–H groups in total. The standard InChI is InChI=1S/C23H22O6Si/c1-19(2)23(24)25-18-26-30(27-20-12-6-3-7-13-20,28-21-14-8-4-9-15-21)29-22-16-10-5-11-17-22/h3-17H,1,18H2,2H3. The van der Waals surface area contributed by atoms with Gasteiger partial charge in [-0.1, -0.05) is 61.2 Å². The summed E-state index contributed by atoms with van der Waals surface area (Å²) < 4.78 is 29.3. The van der Waals surface area contributed by atoms with Crippen LogP contribution in [0.2, 0.25) is 0 Å². The second-order valence-electron chi connectivity index (χ2n) is 6.22. The van der Waals surface area contributed by atoms with E-state index in [4.69, 9.17) is 22.4 Å². The van der Waals surface area contributed by atoms with Gasteiger partial charge < -0.3 is 18.0 Å². The Balaban J connectivity index is 1.92. The maximum atomic E-state index is 11.8. The number of para-hydroxylation sites is 3. The van der Waals surface area contributed by atoms with E-state index in [0.717, 1.165) is 0 Å². The van der Waals surface area contributed by atoms with E-state index in [1.807, 2.05) is 54.6 Å². The van der Waals surface area contributed by atoms with Crippen LogP contribution in [0.1, 0.15) is 6.92 Å². The highest BCUT2D eigenvalue weighted by atomic mass is 28.4. The van der Waals surface area contributed by atoms with Crippen LogP contribution in [0.25, 0.3) is 0 Å². The lowest BCUT2D eigenvalue weighted by Crippen LogP contribution is -2.58. The maximum Gasteiger partial charge on any atom is 0.895 e. The molecule has 30 heavy (non-hydrogen) atoms. The highest BCUT2D eigenvalue weighted by Crippen LogP contribution is 2.24. The molecule has 0 aliphatic carbocycles. The van der Waals surface area contributed by atoms with Crippen molar-refractivity contribution in [3.63, 3.8) is 0 Å². The van der Waals surface area contributed by atoms with Crippen LogP contribution in [0.3, 0.4) is 0 Å². The molecule has 0 aromatic heterocycles. The zero-order valence-corrected chi connectivity index (χ0v) is 17.5. The second kappa shape index (κ2) is 10.3. The van der Waals surface area contributed by atoms with E-state index in [-0.39, 0.29) is 5.57 Å². The fourth-order valence-corrected chi connectivity index (χ4v) is 4.11. The molecule has 0 unspecified atom stereocenters. The third-order valence-corrected chi connectivity index (χ3v) is 5.66. The fourth-order valence-electron chi connectivity index (χ4n) is 2.33. The van der Waals surface area contributed by atoms with Crippen molar-refractivity contribution in [1.29, 1.82) is 0 Å². The summed E-state index contributed by atoms with van der Waals surface area (Å²) in [6.07, 6.45) is 0. The van der Waals surface area contributed by atoms with Gasteiger partial charge in [-0.2, -0.15) is 0 Å². The Morgan fingerprint density at radius 1 is 0.733 bits per heavy atom. The lowest BCUT2D eigenvalue weighted by molar-refractivity contribution is -0.148. The Morgan fingerprint density at radius 2 is 1.10 bits per heavy atom. The van der Waals surface area contributed by atoms with E-state index in [2.05, 4.69) is 6.58 Å². The minimum atomic E-state index is -3.93. The molecule has 6 nitrogen and oxygen atoms in total. The third-order valence-electron chi connectivity index (χ3n) is 3.73. The van der Waals surface area contributed by atoms with Crippen LogP contribution in [-0.4, -0.2) is 21.8 Å². The van der Waals surface area contributed by atoms with E-state index >= 15 is 0 Å². The second-order valence-corrected chi connectivity index (χ2v) is 8.12. The Labute approximate surface area is 176 Å². The summed E-state index contributed by atoms with van der Waals surface area (Å²) in [5.74, 6) is 0.879. The zero-order chi connectivity index (χ0) is 21.2. The Hall–Kier alpha value is -3.55. The topological polar surface area (TPSA) is 63.2 Å². The van der Waals surface area contributed by atoms with Crippen molar-refractivity contribution >= 4 is 15.0 Å². The number of hydrogen-bond acceptors (Lipinski definition) is 6. The van der Waals surface area contributed by atoms with Gasteiger partial charge in [0.25, 0.3) is 0 Å². The van der Waals surface area contributed by atoms with Crippen molar-refractivity contribution < 1.29 is 27.2 Å². The summed E-state index contributed by atoms with van der Waals surface area (Å²) in [6.45, 7) is 4.68. The van der Waals surface area contributed by atoms with E-state index in [9.17, 15) is 4.79 Å². The van der Waals surface area contributed by atoms with Gasteiger partial charge in [0.2, 0.25) is 0 Å². The van der Waals surface area contributed by atoms with Gasteiger partial charge in [0, 0.05) is 5.57 Å². The molecule has 0 spiro atoms. The van der Waals surface area contributed by atoms with Gasteiger partial charge in [-0.25, -0.2) is 4.79 Å². The van der Waals surface area contributed by atoms with Crippen LogP contribution in [-0.2, 0) is 14.0 Å². The quantitative estimate of drug-likeness (QED) is 0.203. The number of esters is 1. The number of benzene rings is 3. The SMILES string of the molecule is C=C(C)C(=O)OCO[Si](Oc1ccccc1)(Oc1ccccc1)Oc1ccccc1. The van der Waals surface area contributed by atoms with Crippen molar-refractivity contribution in [2.75, 3.05) is 6.79 Å². The fraction of sp³-hybridized carbons (Fsp3) is 0.0870. The number of carbonyl (C=O) groups is 1. The lowest BCUT2D eigenvalue weighted by Gasteiger charge is -2.28. The molecular formula is C23H22O6Si. The van der Waals surface area contributed by atoms with Crippen LogP contribution in [0.5, 0.6) is 17.2 Å². The van der Waals surface area contributed by atoms with Crippen molar-refractivity contribution in [1.82, 2.24) is 0 Å². The molecule has 0 saturated carbocycles. The highest BCUT2D eigenvalue weighted by molar-refractivity contribution is 6.56. The Kier molecular flexibility index (Phi) is 7.26. The van der Waals surface area contributed by atoms with Crippen molar-refractivity contribution in [2.24, 2.45) is 0 Å². The van der Waals surface area contributed by atoms with Gasteiger partial charge in [0.1, 0.15) is 17.2 Å². The summed E-state index contributed by atoms with van der Waals surface area (Å²) in [5.41, 5.74) is 0.253. The van der Waals surface area contributed by atoms with Crippen LogP contribution in [0.15, 0.2) is 103 Å². The number of carbonyl (C=O) groups excluding carboxylic acids is 1. The summed E-state index contributed by atoms with van der Waals surface area (Å²) in [4.78, 5) is 11.8. The Bertz CT molecular complexity index is 846. The molecular weight excluding hydrogens is 400 g/mol. The molecule has 3 aromatic rings. The number of rotatable bonds is 10. The average molecular weight is 423 g/mol. The predicted molar refractivity (Wildman–Crippen MR) is 114 cm³/mol. The summed E-state index contributed by atoms with van der Waals surface area (Å²) in [6, 6.07) is 27.1. The first-order valence-electron chi connectivity index (χ1n) is 9.25. The van der Waals surface area contributed by atoms with Crippen LogP contribution < -0.4 is 13.3 Å². The van der Waals surface area contributed by atoms with E-state index < -0.39 is 21.8 Å². The van der Waals surface area contributed by atoms with E-state index in [1.165, 1.54) is 0 Å². The molecule has 7 heteroatoms. The first kappa shape index (κ1) is 21.2. The monoisotopic (exact) mass is 422 g/mol. The first-order chi connectivity index (χ1) is 14.6. The normalized spacial score (nSPS) is 10.7. The molecule has 0 aliphatic heterocycles. The molecule has 0 radical (unpaired) electrons. The van der Waals surface area contributed by atoms with Crippen molar-refractivity contribution in [3.8, 4) is 17.2 Å².